The average Bonchev–Trinajstić information content (AvgIpc) is 2.65. The highest BCUT2D eigenvalue weighted by molar-refractivity contribution is 6.30. The molecule has 1 heterocycles. The van der Waals surface area contributed by atoms with Crippen molar-refractivity contribution in [1.29, 1.82) is 0 Å². The summed E-state index contributed by atoms with van der Waals surface area (Å²) >= 11 is 5.85. The summed E-state index contributed by atoms with van der Waals surface area (Å²) in [6.45, 7) is 0. The largest absolute Gasteiger partial charge is 0.496 e. The second-order valence-corrected chi connectivity index (χ2v) is 5.53. The lowest BCUT2D eigenvalue weighted by Gasteiger charge is -2.09. The summed E-state index contributed by atoms with van der Waals surface area (Å²) in [4.78, 5) is 12.3. The Kier molecular flexibility index (Phi) is 5.11. The highest BCUT2D eigenvalue weighted by Gasteiger charge is 2.12. The summed E-state index contributed by atoms with van der Waals surface area (Å²) in [5, 5.41) is 14.5. The predicted molar refractivity (Wildman–Crippen MR) is 97.7 cm³/mol. The molecule has 6 nitrogen and oxygen atoms in total. The molecule has 0 spiro atoms. The van der Waals surface area contributed by atoms with Crippen molar-refractivity contribution in [2.75, 3.05) is 17.7 Å². The number of nitrogens with zero attached hydrogens (tertiary/aromatic N) is 2. The van der Waals surface area contributed by atoms with Crippen molar-refractivity contribution in [3.05, 3.63) is 71.2 Å². The van der Waals surface area contributed by atoms with Gasteiger partial charge in [0.05, 0.1) is 12.7 Å². The third kappa shape index (κ3) is 4.24. The number of anilines is 3. The first-order valence-corrected chi connectivity index (χ1v) is 7.84. The van der Waals surface area contributed by atoms with Gasteiger partial charge in [0.25, 0.3) is 5.91 Å². The van der Waals surface area contributed by atoms with Crippen molar-refractivity contribution in [3.63, 3.8) is 0 Å². The minimum atomic E-state index is -0.315. The van der Waals surface area contributed by atoms with Gasteiger partial charge in [-0.05, 0) is 48.5 Å². The van der Waals surface area contributed by atoms with E-state index in [4.69, 9.17) is 16.3 Å². The molecule has 0 fully saturated rings. The summed E-state index contributed by atoms with van der Waals surface area (Å²) < 4.78 is 5.18. The van der Waals surface area contributed by atoms with Gasteiger partial charge in [-0.25, -0.2) is 0 Å². The molecule has 0 unspecified atom stereocenters. The molecule has 126 valence electrons. The van der Waals surface area contributed by atoms with E-state index in [0.29, 0.717) is 28.0 Å². The number of hydrogen-bond acceptors (Lipinski definition) is 5. The van der Waals surface area contributed by atoms with E-state index >= 15 is 0 Å². The Labute approximate surface area is 149 Å². The number of ether oxygens (including phenoxy) is 1. The fourth-order valence-corrected chi connectivity index (χ4v) is 2.29. The number of hydrogen-bond donors (Lipinski definition) is 2. The zero-order valence-corrected chi connectivity index (χ0v) is 14.1. The van der Waals surface area contributed by atoms with Gasteiger partial charge in [0.1, 0.15) is 5.75 Å². The van der Waals surface area contributed by atoms with Gasteiger partial charge < -0.3 is 15.4 Å². The van der Waals surface area contributed by atoms with Crippen LogP contribution in [-0.4, -0.2) is 23.2 Å². The Morgan fingerprint density at radius 1 is 0.960 bits per heavy atom. The molecule has 3 rings (SSSR count). The summed E-state index contributed by atoms with van der Waals surface area (Å²) in [5.74, 6) is 1.08. The van der Waals surface area contributed by atoms with E-state index in [-0.39, 0.29) is 5.91 Å². The molecular weight excluding hydrogens is 340 g/mol. The van der Waals surface area contributed by atoms with Crippen LogP contribution in [0.1, 0.15) is 10.4 Å². The molecule has 0 aliphatic heterocycles. The molecular formula is C18H15ClN4O2. The lowest BCUT2D eigenvalue weighted by atomic mass is 10.2. The zero-order chi connectivity index (χ0) is 17.6. The SMILES string of the molecule is COc1ccccc1C(=O)Nc1ccc(Nc2ccc(Cl)cc2)nn1. The highest BCUT2D eigenvalue weighted by atomic mass is 35.5. The first-order chi connectivity index (χ1) is 12.2. The van der Waals surface area contributed by atoms with E-state index in [1.165, 1.54) is 7.11 Å². The normalized spacial score (nSPS) is 10.2. The van der Waals surface area contributed by atoms with Crippen LogP contribution < -0.4 is 15.4 Å². The first kappa shape index (κ1) is 16.7. The van der Waals surface area contributed by atoms with E-state index in [9.17, 15) is 4.79 Å². The van der Waals surface area contributed by atoms with Gasteiger partial charge in [0, 0.05) is 10.7 Å². The quantitative estimate of drug-likeness (QED) is 0.720. The number of amides is 1. The second-order valence-electron chi connectivity index (χ2n) is 5.09. The second kappa shape index (κ2) is 7.63. The summed E-state index contributed by atoms with van der Waals surface area (Å²) in [7, 11) is 1.52. The molecule has 3 aromatic rings. The maximum atomic E-state index is 12.3. The first-order valence-electron chi connectivity index (χ1n) is 7.46. The number of benzene rings is 2. The van der Waals surface area contributed by atoms with Crippen molar-refractivity contribution in [3.8, 4) is 5.75 Å². The lowest BCUT2D eigenvalue weighted by Crippen LogP contribution is -2.14. The monoisotopic (exact) mass is 354 g/mol. The van der Waals surface area contributed by atoms with Gasteiger partial charge in [-0.3, -0.25) is 4.79 Å². The van der Waals surface area contributed by atoms with E-state index in [2.05, 4.69) is 20.8 Å². The Bertz CT molecular complexity index is 867. The molecule has 0 radical (unpaired) electrons. The summed E-state index contributed by atoms with van der Waals surface area (Å²) in [6.07, 6.45) is 0. The fraction of sp³-hybridized carbons (Fsp3) is 0.0556. The number of carbonyl (C=O) groups excluding carboxylic acids is 1. The van der Waals surface area contributed by atoms with Crippen molar-refractivity contribution in [2.45, 2.75) is 0 Å². The number of methoxy groups -OCH3 is 1. The number of nitrogens with one attached hydrogen (secondary N) is 2. The number of rotatable bonds is 5. The van der Waals surface area contributed by atoms with Crippen molar-refractivity contribution in [2.24, 2.45) is 0 Å². The predicted octanol–water partition coefficient (Wildman–Crippen LogP) is 4.13. The number of halogens is 1. The van der Waals surface area contributed by atoms with Crippen molar-refractivity contribution >= 4 is 34.8 Å². The zero-order valence-electron chi connectivity index (χ0n) is 13.4. The molecule has 0 aliphatic rings. The molecule has 0 saturated heterocycles. The number of aromatic nitrogens is 2. The van der Waals surface area contributed by atoms with Crippen LogP contribution in [0, 0.1) is 0 Å². The minimum absolute atomic E-state index is 0.315. The molecule has 7 heteroatoms. The molecule has 25 heavy (non-hydrogen) atoms. The number of para-hydroxylation sites is 1. The van der Waals surface area contributed by atoms with Crippen LogP contribution in [-0.2, 0) is 0 Å². The third-order valence-corrected chi connectivity index (χ3v) is 3.63. The minimum Gasteiger partial charge on any atom is -0.496 e. The maximum Gasteiger partial charge on any atom is 0.260 e. The Morgan fingerprint density at radius 2 is 1.64 bits per heavy atom. The Balaban J connectivity index is 1.68. The molecule has 2 aromatic carbocycles. The highest BCUT2D eigenvalue weighted by Crippen LogP contribution is 2.20. The molecule has 0 atom stereocenters. The van der Waals surface area contributed by atoms with Crippen LogP contribution in [0.15, 0.2) is 60.7 Å². The van der Waals surface area contributed by atoms with E-state index in [0.717, 1.165) is 5.69 Å². The lowest BCUT2D eigenvalue weighted by molar-refractivity contribution is 0.102. The summed E-state index contributed by atoms with van der Waals surface area (Å²) in [6, 6.07) is 17.6. The van der Waals surface area contributed by atoms with Gasteiger partial charge >= 0.3 is 0 Å². The fourth-order valence-electron chi connectivity index (χ4n) is 2.16. The van der Waals surface area contributed by atoms with Crippen LogP contribution in [0.5, 0.6) is 5.75 Å². The van der Waals surface area contributed by atoms with Gasteiger partial charge in [-0.1, -0.05) is 23.7 Å². The topological polar surface area (TPSA) is 76.1 Å². The Morgan fingerprint density at radius 3 is 2.32 bits per heavy atom. The van der Waals surface area contributed by atoms with Crippen molar-refractivity contribution in [1.82, 2.24) is 10.2 Å². The van der Waals surface area contributed by atoms with Crippen molar-refractivity contribution < 1.29 is 9.53 Å². The van der Waals surface area contributed by atoms with Crippen LogP contribution in [0.2, 0.25) is 5.02 Å². The van der Waals surface area contributed by atoms with E-state index in [1.54, 1.807) is 48.5 Å². The third-order valence-electron chi connectivity index (χ3n) is 3.37. The van der Waals surface area contributed by atoms with E-state index < -0.39 is 0 Å². The van der Waals surface area contributed by atoms with E-state index in [1.807, 2.05) is 12.1 Å². The van der Waals surface area contributed by atoms with Crippen LogP contribution >= 0.6 is 11.6 Å². The molecule has 0 saturated carbocycles. The van der Waals surface area contributed by atoms with Crippen LogP contribution in [0.3, 0.4) is 0 Å². The van der Waals surface area contributed by atoms with Gasteiger partial charge in [-0.15, -0.1) is 10.2 Å². The average molecular weight is 355 g/mol. The molecule has 2 N–H and O–H groups in total. The van der Waals surface area contributed by atoms with Crippen LogP contribution in [0.4, 0.5) is 17.3 Å². The molecule has 0 aliphatic carbocycles. The standard InChI is InChI=1S/C18H15ClN4O2/c1-25-15-5-3-2-4-14(15)18(24)21-17-11-10-16(22-23-17)20-13-8-6-12(19)7-9-13/h2-11H,1H3,(H,20,22)(H,21,23,24). The molecule has 1 amide bonds. The Hall–Kier alpha value is -3.12. The number of carbonyl (C=O) groups is 1. The summed E-state index contributed by atoms with van der Waals surface area (Å²) in [5.41, 5.74) is 1.26. The van der Waals surface area contributed by atoms with Gasteiger partial charge in [0.2, 0.25) is 0 Å². The van der Waals surface area contributed by atoms with Gasteiger partial charge in [-0.2, -0.15) is 0 Å². The smallest absolute Gasteiger partial charge is 0.260 e. The van der Waals surface area contributed by atoms with Gasteiger partial charge in [0.15, 0.2) is 11.6 Å². The maximum absolute atomic E-state index is 12.3. The molecule has 1 aromatic heterocycles. The van der Waals surface area contributed by atoms with Crippen LogP contribution in [0.25, 0.3) is 0 Å². The molecule has 0 bridgehead atoms.